The molecule has 3 N–H and O–H groups in total. The predicted octanol–water partition coefficient (Wildman–Crippen LogP) is 1.61. The summed E-state index contributed by atoms with van der Waals surface area (Å²) in [6.07, 6.45) is -3.55. The molecule has 1 aliphatic rings. The number of nitrogens with one attached hydrogen (secondary N) is 3. The maximum atomic E-state index is 12.5. The van der Waals surface area contributed by atoms with E-state index < -0.39 is 12.7 Å². The molecule has 1 amide bonds. The van der Waals surface area contributed by atoms with Crippen molar-refractivity contribution in [3.05, 3.63) is 35.9 Å². The van der Waals surface area contributed by atoms with Crippen LogP contribution < -0.4 is 16.0 Å². The Morgan fingerprint density at radius 3 is 2.67 bits per heavy atom. The van der Waals surface area contributed by atoms with Crippen molar-refractivity contribution in [2.24, 2.45) is 4.99 Å². The first-order chi connectivity index (χ1) is 12.9. The van der Waals surface area contributed by atoms with Crippen LogP contribution in [-0.2, 0) is 0 Å². The average Bonchev–Trinajstić information content (AvgIpc) is 3.04. The van der Waals surface area contributed by atoms with Crippen LogP contribution in [0, 0.1) is 0 Å². The summed E-state index contributed by atoms with van der Waals surface area (Å²) in [6, 6.07) is 8.82. The van der Waals surface area contributed by atoms with E-state index in [9.17, 15) is 18.0 Å². The fraction of sp³-hybridized carbons (Fsp3) is 0.556. The smallest absolute Gasteiger partial charge is 0.357 e. The van der Waals surface area contributed by atoms with Gasteiger partial charge in [-0.1, -0.05) is 18.2 Å². The minimum atomic E-state index is -4.18. The van der Waals surface area contributed by atoms with Crippen LogP contribution in [0.1, 0.15) is 23.7 Å². The van der Waals surface area contributed by atoms with Gasteiger partial charge in [0.2, 0.25) is 0 Å². The number of amides is 1. The van der Waals surface area contributed by atoms with Gasteiger partial charge in [-0.2, -0.15) is 13.2 Å². The molecule has 150 valence electrons. The molecular formula is C18H26F3N5O. The molecule has 0 bridgehead atoms. The van der Waals surface area contributed by atoms with Crippen molar-refractivity contribution < 1.29 is 18.0 Å². The first kappa shape index (κ1) is 21.0. The average molecular weight is 385 g/mol. The highest BCUT2D eigenvalue weighted by Gasteiger charge is 2.34. The van der Waals surface area contributed by atoms with E-state index in [1.165, 1.54) is 4.90 Å². The molecule has 0 aromatic heterocycles. The fourth-order valence-corrected chi connectivity index (χ4v) is 2.89. The van der Waals surface area contributed by atoms with Crippen molar-refractivity contribution in [1.29, 1.82) is 0 Å². The van der Waals surface area contributed by atoms with Gasteiger partial charge in [0.15, 0.2) is 5.96 Å². The highest BCUT2D eigenvalue weighted by Crippen LogP contribution is 2.19. The lowest BCUT2D eigenvalue weighted by Gasteiger charge is -2.19. The molecule has 1 fully saturated rings. The van der Waals surface area contributed by atoms with Crippen molar-refractivity contribution >= 4 is 11.9 Å². The molecule has 0 spiro atoms. The molecule has 1 aromatic carbocycles. The molecule has 6 nitrogen and oxygen atoms in total. The Hall–Kier alpha value is -2.29. The Balaban J connectivity index is 1.76. The van der Waals surface area contributed by atoms with Crippen LogP contribution in [0.3, 0.4) is 0 Å². The highest BCUT2D eigenvalue weighted by atomic mass is 19.4. The van der Waals surface area contributed by atoms with Gasteiger partial charge in [0.25, 0.3) is 5.91 Å². The molecule has 1 saturated heterocycles. The van der Waals surface area contributed by atoms with Gasteiger partial charge in [-0.3, -0.25) is 14.7 Å². The molecule has 0 radical (unpaired) electrons. The second kappa shape index (κ2) is 10.1. The second-order valence-electron chi connectivity index (χ2n) is 6.36. The summed E-state index contributed by atoms with van der Waals surface area (Å²) in [7, 11) is 0. The van der Waals surface area contributed by atoms with Crippen LogP contribution in [0.25, 0.3) is 0 Å². The molecule has 1 aliphatic heterocycles. The monoisotopic (exact) mass is 385 g/mol. The van der Waals surface area contributed by atoms with Gasteiger partial charge in [-0.25, -0.2) is 0 Å². The zero-order chi connectivity index (χ0) is 19.7. The summed E-state index contributed by atoms with van der Waals surface area (Å²) in [5.74, 6) is 0.382. The van der Waals surface area contributed by atoms with E-state index in [0.29, 0.717) is 50.7 Å². The summed E-state index contributed by atoms with van der Waals surface area (Å²) in [5, 5.41) is 9.04. The van der Waals surface area contributed by atoms with Crippen LogP contribution in [0.4, 0.5) is 13.2 Å². The quantitative estimate of drug-likeness (QED) is 0.379. The maximum absolute atomic E-state index is 12.5. The number of guanidine groups is 1. The Morgan fingerprint density at radius 2 is 2.00 bits per heavy atom. The second-order valence-corrected chi connectivity index (χ2v) is 6.36. The van der Waals surface area contributed by atoms with Crippen molar-refractivity contribution in [3.63, 3.8) is 0 Å². The topological polar surface area (TPSA) is 68.8 Å². The maximum Gasteiger partial charge on any atom is 0.401 e. The summed E-state index contributed by atoms with van der Waals surface area (Å²) < 4.78 is 37.4. The summed E-state index contributed by atoms with van der Waals surface area (Å²) >= 11 is 0. The molecule has 9 heteroatoms. The van der Waals surface area contributed by atoms with Crippen molar-refractivity contribution in [3.8, 4) is 0 Å². The number of alkyl halides is 3. The first-order valence-corrected chi connectivity index (χ1v) is 9.04. The van der Waals surface area contributed by atoms with Crippen LogP contribution in [0.2, 0.25) is 0 Å². The molecule has 1 heterocycles. The van der Waals surface area contributed by atoms with Crippen LogP contribution in [0.15, 0.2) is 35.3 Å². The number of hydrogen-bond donors (Lipinski definition) is 3. The number of benzene rings is 1. The SMILES string of the molecule is CCNC(=NCCNC(=O)c1ccccc1)NC1CCN(CC(F)(F)F)C1. The van der Waals surface area contributed by atoms with Crippen LogP contribution in [0.5, 0.6) is 0 Å². The van der Waals surface area contributed by atoms with Gasteiger partial charge in [0, 0.05) is 37.8 Å². The Morgan fingerprint density at radius 1 is 1.26 bits per heavy atom. The minimum absolute atomic E-state index is 0.0796. The number of nitrogens with zero attached hydrogens (tertiary/aromatic N) is 2. The van der Waals surface area contributed by atoms with E-state index in [2.05, 4.69) is 20.9 Å². The number of carbonyl (C=O) groups excluding carboxylic acids is 1. The molecule has 2 rings (SSSR count). The Kier molecular flexibility index (Phi) is 7.90. The minimum Gasteiger partial charge on any atom is -0.357 e. The highest BCUT2D eigenvalue weighted by molar-refractivity contribution is 5.94. The van der Waals surface area contributed by atoms with Gasteiger partial charge in [-0.15, -0.1) is 0 Å². The number of rotatable bonds is 7. The third kappa shape index (κ3) is 7.86. The van der Waals surface area contributed by atoms with Crippen LogP contribution in [-0.4, -0.2) is 68.3 Å². The molecule has 27 heavy (non-hydrogen) atoms. The van der Waals surface area contributed by atoms with Crippen molar-refractivity contribution in [1.82, 2.24) is 20.9 Å². The third-order valence-corrected chi connectivity index (χ3v) is 4.06. The van der Waals surface area contributed by atoms with E-state index in [0.717, 1.165) is 0 Å². The van der Waals surface area contributed by atoms with Gasteiger partial charge in [-0.05, 0) is 25.5 Å². The van der Waals surface area contributed by atoms with Gasteiger partial charge < -0.3 is 16.0 Å². The lowest BCUT2D eigenvalue weighted by molar-refractivity contribution is -0.143. The van der Waals surface area contributed by atoms with E-state index in [-0.39, 0.29) is 11.9 Å². The fourth-order valence-electron chi connectivity index (χ4n) is 2.89. The molecular weight excluding hydrogens is 359 g/mol. The van der Waals surface area contributed by atoms with E-state index >= 15 is 0 Å². The predicted molar refractivity (Wildman–Crippen MR) is 98.8 cm³/mol. The van der Waals surface area contributed by atoms with Crippen LogP contribution >= 0.6 is 0 Å². The summed E-state index contributed by atoms with van der Waals surface area (Å²) in [6.45, 7) is 3.14. The van der Waals surface area contributed by atoms with Gasteiger partial charge in [0.1, 0.15) is 0 Å². The first-order valence-electron chi connectivity index (χ1n) is 9.04. The molecule has 1 aromatic rings. The van der Waals surface area contributed by atoms with E-state index in [1.54, 1.807) is 24.3 Å². The van der Waals surface area contributed by atoms with E-state index in [4.69, 9.17) is 0 Å². The largest absolute Gasteiger partial charge is 0.401 e. The molecule has 0 aliphatic carbocycles. The zero-order valence-electron chi connectivity index (χ0n) is 15.4. The number of halogens is 3. The van der Waals surface area contributed by atoms with E-state index in [1.807, 2.05) is 13.0 Å². The summed E-state index contributed by atoms with van der Waals surface area (Å²) in [5.41, 5.74) is 0.585. The van der Waals surface area contributed by atoms with Crippen molar-refractivity contribution in [2.75, 3.05) is 39.3 Å². The Bertz CT molecular complexity index is 621. The molecule has 1 unspecified atom stereocenters. The number of hydrogen-bond acceptors (Lipinski definition) is 3. The number of carbonyl (C=O) groups is 1. The van der Waals surface area contributed by atoms with Crippen molar-refractivity contribution in [2.45, 2.75) is 25.6 Å². The lowest BCUT2D eigenvalue weighted by Crippen LogP contribution is -2.45. The Labute approximate surface area is 157 Å². The normalized spacial score (nSPS) is 18.4. The third-order valence-electron chi connectivity index (χ3n) is 4.06. The standard InChI is InChI=1S/C18H26F3N5O/c1-2-22-17(25-15-8-11-26(12-15)13-18(19,20)21)24-10-9-23-16(27)14-6-4-3-5-7-14/h3-7,15H,2,8-13H2,1H3,(H,23,27)(H2,22,24,25). The molecule has 1 atom stereocenters. The van der Waals surface area contributed by atoms with Gasteiger partial charge in [0.05, 0.1) is 13.1 Å². The number of aliphatic imine (C=N–C) groups is 1. The zero-order valence-corrected chi connectivity index (χ0v) is 15.4. The summed E-state index contributed by atoms with van der Waals surface area (Å²) in [4.78, 5) is 17.7. The van der Waals surface area contributed by atoms with Gasteiger partial charge >= 0.3 is 6.18 Å². The number of likely N-dealkylation sites (tertiary alicyclic amines) is 1. The lowest BCUT2D eigenvalue weighted by atomic mass is 10.2. The molecule has 0 saturated carbocycles.